The van der Waals surface area contributed by atoms with Gasteiger partial charge in [0.1, 0.15) is 0 Å². The molecule has 1 amide bonds. The van der Waals surface area contributed by atoms with Crippen molar-refractivity contribution >= 4 is 24.0 Å². The van der Waals surface area contributed by atoms with Gasteiger partial charge < -0.3 is 15.2 Å². The highest BCUT2D eigenvalue weighted by molar-refractivity contribution is 5.95. The van der Waals surface area contributed by atoms with Crippen molar-refractivity contribution in [2.75, 3.05) is 18.4 Å². The third-order valence-electron chi connectivity index (χ3n) is 3.50. The summed E-state index contributed by atoms with van der Waals surface area (Å²) >= 11 is 0. The van der Waals surface area contributed by atoms with Gasteiger partial charge in [0.25, 0.3) is 5.56 Å². The molecule has 0 aliphatic carbocycles. The van der Waals surface area contributed by atoms with Gasteiger partial charge in [-0.1, -0.05) is 0 Å². The van der Waals surface area contributed by atoms with E-state index in [0.29, 0.717) is 18.8 Å². The molecule has 1 aliphatic rings. The standard InChI is InChI=1S/C13H19N3O2.ClH/c1-3-16-8-10(4-5-11(16)17)15-12(18)13(2)6-7-14-9-13;/h4-5,8,14H,3,6-7,9H2,1-2H3,(H,15,18);1H. The van der Waals surface area contributed by atoms with Gasteiger partial charge in [0, 0.05) is 25.4 Å². The second-order valence-corrected chi connectivity index (χ2v) is 4.98. The van der Waals surface area contributed by atoms with Crippen LogP contribution < -0.4 is 16.2 Å². The number of nitrogens with one attached hydrogen (secondary N) is 2. The molecule has 1 atom stereocenters. The molecule has 1 fully saturated rings. The summed E-state index contributed by atoms with van der Waals surface area (Å²) in [6.45, 7) is 6.03. The third kappa shape index (κ3) is 3.36. The predicted molar refractivity (Wildman–Crippen MR) is 77.8 cm³/mol. The van der Waals surface area contributed by atoms with Gasteiger partial charge in [-0.3, -0.25) is 9.59 Å². The zero-order valence-corrected chi connectivity index (χ0v) is 12.0. The number of aryl methyl sites for hydroxylation is 1. The molecular weight excluding hydrogens is 266 g/mol. The normalized spacial score (nSPS) is 21.8. The van der Waals surface area contributed by atoms with Crippen LogP contribution in [-0.4, -0.2) is 23.6 Å². The van der Waals surface area contributed by atoms with Gasteiger partial charge in [-0.25, -0.2) is 0 Å². The summed E-state index contributed by atoms with van der Waals surface area (Å²) in [6.07, 6.45) is 2.53. The first kappa shape index (κ1) is 15.7. The summed E-state index contributed by atoms with van der Waals surface area (Å²) in [4.78, 5) is 23.6. The number of aromatic nitrogens is 1. The van der Waals surface area contributed by atoms with Crippen LogP contribution in [0.1, 0.15) is 20.3 Å². The number of halogens is 1. The van der Waals surface area contributed by atoms with Crippen LogP contribution in [0.4, 0.5) is 5.69 Å². The van der Waals surface area contributed by atoms with Crippen molar-refractivity contribution in [2.24, 2.45) is 5.41 Å². The van der Waals surface area contributed by atoms with Gasteiger partial charge in [-0.05, 0) is 32.9 Å². The maximum atomic E-state index is 12.2. The van der Waals surface area contributed by atoms with E-state index in [4.69, 9.17) is 0 Å². The number of carbonyl (C=O) groups is 1. The Bertz CT molecular complexity index is 507. The molecule has 2 rings (SSSR count). The van der Waals surface area contributed by atoms with Crippen LogP contribution in [0.2, 0.25) is 0 Å². The van der Waals surface area contributed by atoms with Crippen molar-refractivity contribution in [3.8, 4) is 0 Å². The Kier molecular flexibility index (Phi) is 5.14. The Morgan fingerprint density at radius 1 is 1.53 bits per heavy atom. The van der Waals surface area contributed by atoms with Gasteiger partial charge in [-0.2, -0.15) is 0 Å². The number of amides is 1. The molecule has 0 saturated carbocycles. The van der Waals surface area contributed by atoms with Crippen LogP contribution in [-0.2, 0) is 11.3 Å². The molecule has 19 heavy (non-hydrogen) atoms. The molecule has 1 aliphatic heterocycles. The lowest BCUT2D eigenvalue weighted by atomic mass is 9.89. The minimum Gasteiger partial charge on any atom is -0.324 e. The number of carbonyl (C=O) groups excluding carboxylic acids is 1. The fourth-order valence-corrected chi connectivity index (χ4v) is 2.15. The average Bonchev–Trinajstić information content (AvgIpc) is 2.80. The van der Waals surface area contributed by atoms with Crippen molar-refractivity contribution in [1.29, 1.82) is 0 Å². The number of anilines is 1. The van der Waals surface area contributed by atoms with E-state index in [1.54, 1.807) is 16.8 Å². The van der Waals surface area contributed by atoms with Crippen molar-refractivity contribution in [3.63, 3.8) is 0 Å². The summed E-state index contributed by atoms with van der Waals surface area (Å²) in [5, 5.41) is 6.08. The highest BCUT2D eigenvalue weighted by Crippen LogP contribution is 2.26. The smallest absolute Gasteiger partial charge is 0.250 e. The van der Waals surface area contributed by atoms with Crippen LogP contribution in [0.3, 0.4) is 0 Å². The zero-order valence-electron chi connectivity index (χ0n) is 11.2. The fourth-order valence-electron chi connectivity index (χ4n) is 2.15. The van der Waals surface area contributed by atoms with Crippen LogP contribution in [0.5, 0.6) is 0 Å². The molecule has 2 heterocycles. The Morgan fingerprint density at radius 3 is 2.84 bits per heavy atom. The largest absolute Gasteiger partial charge is 0.324 e. The summed E-state index contributed by atoms with van der Waals surface area (Å²) in [6, 6.07) is 3.13. The van der Waals surface area contributed by atoms with Crippen molar-refractivity contribution in [2.45, 2.75) is 26.8 Å². The third-order valence-corrected chi connectivity index (χ3v) is 3.50. The molecule has 0 bridgehead atoms. The highest BCUT2D eigenvalue weighted by Gasteiger charge is 2.36. The Balaban J connectivity index is 0.00000180. The van der Waals surface area contributed by atoms with E-state index in [1.165, 1.54) is 6.07 Å². The maximum Gasteiger partial charge on any atom is 0.250 e. The monoisotopic (exact) mass is 285 g/mol. The SMILES string of the molecule is CCn1cc(NC(=O)C2(C)CCNC2)ccc1=O.Cl. The molecule has 1 aromatic rings. The summed E-state index contributed by atoms with van der Waals surface area (Å²) in [5.74, 6) is 0.00815. The minimum absolute atomic E-state index is 0. The molecule has 1 unspecified atom stereocenters. The highest BCUT2D eigenvalue weighted by atomic mass is 35.5. The van der Waals surface area contributed by atoms with E-state index in [1.807, 2.05) is 13.8 Å². The first-order valence-corrected chi connectivity index (χ1v) is 6.28. The molecule has 106 valence electrons. The van der Waals surface area contributed by atoms with Crippen LogP contribution >= 0.6 is 12.4 Å². The van der Waals surface area contributed by atoms with Gasteiger partial charge in [-0.15, -0.1) is 12.4 Å². The second-order valence-electron chi connectivity index (χ2n) is 4.98. The first-order chi connectivity index (χ1) is 8.55. The lowest BCUT2D eigenvalue weighted by Crippen LogP contribution is -2.35. The van der Waals surface area contributed by atoms with E-state index in [-0.39, 0.29) is 29.3 Å². The van der Waals surface area contributed by atoms with E-state index in [2.05, 4.69) is 10.6 Å². The number of nitrogens with zero attached hydrogens (tertiary/aromatic N) is 1. The Hall–Kier alpha value is -1.33. The molecule has 2 N–H and O–H groups in total. The Labute approximate surface area is 118 Å². The van der Waals surface area contributed by atoms with Crippen LogP contribution in [0, 0.1) is 5.41 Å². The van der Waals surface area contributed by atoms with E-state index in [9.17, 15) is 9.59 Å². The molecule has 1 saturated heterocycles. The van der Waals surface area contributed by atoms with Crippen LogP contribution in [0.15, 0.2) is 23.1 Å². The van der Waals surface area contributed by atoms with Gasteiger partial charge in [0.15, 0.2) is 0 Å². The quantitative estimate of drug-likeness (QED) is 0.878. The lowest BCUT2D eigenvalue weighted by Gasteiger charge is -2.21. The van der Waals surface area contributed by atoms with E-state index in [0.717, 1.165) is 13.0 Å². The van der Waals surface area contributed by atoms with E-state index < -0.39 is 0 Å². The van der Waals surface area contributed by atoms with Crippen molar-refractivity contribution in [1.82, 2.24) is 9.88 Å². The summed E-state index contributed by atoms with van der Waals surface area (Å²) in [7, 11) is 0. The molecule has 1 aromatic heterocycles. The Morgan fingerprint density at radius 2 is 2.26 bits per heavy atom. The molecular formula is C13H20ClN3O2. The predicted octanol–water partition coefficient (Wildman–Crippen LogP) is 1.23. The summed E-state index contributed by atoms with van der Waals surface area (Å²) < 4.78 is 1.57. The molecule has 5 nitrogen and oxygen atoms in total. The zero-order chi connectivity index (χ0) is 13.2. The van der Waals surface area contributed by atoms with Crippen molar-refractivity contribution < 1.29 is 4.79 Å². The maximum absolute atomic E-state index is 12.2. The lowest BCUT2D eigenvalue weighted by molar-refractivity contribution is -0.123. The van der Waals surface area contributed by atoms with Gasteiger partial charge in [0.2, 0.25) is 5.91 Å². The number of hydrogen-bond acceptors (Lipinski definition) is 3. The molecule has 0 aromatic carbocycles. The minimum atomic E-state index is -0.354. The summed E-state index contributed by atoms with van der Waals surface area (Å²) in [5.41, 5.74) is 0.270. The van der Waals surface area contributed by atoms with Crippen LogP contribution in [0.25, 0.3) is 0 Å². The van der Waals surface area contributed by atoms with E-state index >= 15 is 0 Å². The number of rotatable bonds is 3. The van der Waals surface area contributed by atoms with Crippen molar-refractivity contribution in [3.05, 3.63) is 28.7 Å². The second kappa shape index (κ2) is 6.21. The van der Waals surface area contributed by atoms with Gasteiger partial charge >= 0.3 is 0 Å². The molecule has 0 spiro atoms. The van der Waals surface area contributed by atoms with Gasteiger partial charge in [0.05, 0.1) is 11.1 Å². The molecule has 0 radical (unpaired) electrons. The first-order valence-electron chi connectivity index (χ1n) is 6.28. The fraction of sp³-hybridized carbons (Fsp3) is 0.538. The number of pyridine rings is 1. The topological polar surface area (TPSA) is 63.1 Å². The molecule has 6 heteroatoms. The number of hydrogen-bond donors (Lipinski definition) is 2. The average molecular weight is 286 g/mol.